The van der Waals surface area contributed by atoms with Gasteiger partial charge in [0.1, 0.15) is 0 Å². The van der Waals surface area contributed by atoms with Gasteiger partial charge in [-0.1, -0.05) is 6.07 Å². The first-order valence-electron chi connectivity index (χ1n) is 9.71. The molecule has 2 heterocycles. The highest BCUT2D eigenvalue weighted by Crippen LogP contribution is 2.19. The highest BCUT2D eigenvalue weighted by atomic mass is 16.6. The van der Waals surface area contributed by atoms with Crippen molar-refractivity contribution < 1.29 is 14.3 Å². The largest absolute Gasteiger partial charge is 0.450 e. The third kappa shape index (κ3) is 4.35. The Bertz CT molecular complexity index is 943. The summed E-state index contributed by atoms with van der Waals surface area (Å²) in [5, 5.41) is 1.01. The van der Waals surface area contributed by atoms with Gasteiger partial charge in [0, 0.05) is 49.1 Å². The van der Waals surface area contributed by atoms with Crippen LogP contribution in [0.25, 0.3) is 10.9 Å². The highest BCUT2D eigenvalue weighted by molar-refractivity contribution is 5.83. The van der Waals surface area contributed by atoms with Gasteiger partial charge in [0.05, 0.1) is 6.61 Å². The van der Waals surface area contributed by atoms with Gasteiger partial charge >= 0.3 is 6.09 Å². The summed E-state index contributed by atoms with van der Waals surface area (Å²) < 4.78 is 4.99. The fourth-order valence-corrected chi connectivity index (χ4v) is 3.65. The number of piperazine rings is 1. The Morgan fingerprint density at radius 2 is 1.75 bits per heavy atom. The molecule has 0 spiro atoms. The third-order valence-corrected chi connectivity index (χ3v) is 5.16. The molecular weight excluding hydrogens is 358 g/mol. The molecule has 7 heteroatoms. The number of benzene rings is 1. The topological polar surface area (TPSA) is 82.7 Å². The van der Waals surface area contributed by atoms with Crippen molar-refractivity contribution in [3.05, 3.63) is 45.2 Å². The summed E-state index contributed by atoms with van der Waals surface area (Å²) in [5.74, 6) is 0.00336. The van der Waals surface area contributed by atoms with Crippen molar-refractivity contribution in [3.63, 3.8) is 0 Å². The van der Waals surface area contributed by atoms with Crippen LogP contribution in [-0.2, 0) is 16.0 Å². The van der Waals surface area contributed by atoms with Crippen LogP contribution in [0.2, 0.25) is 0 Å². The molecule has 0 radical (unpaired) electrons. The molecule has 1 saturated heterocycles. The average molecular weight is 385 g/mol. The lowest BCUT2D eigenvalue weighted by atomic mass is 10.0. The van der Waals surface area contributed by atoms with E-state index in [1.165, 1.54) is 0 Å². The van der Waals surface area contributed by atoms with Gasteiger partial charge in [-0.05, 0) is 50.5 Å². The van der Waals surface area contributed by atoms with E-state index < -0.39 is 0 Å². The van der Waals surface area contributed by atoms with Crippen molar-refractivity contribution in [1.29, 1.82) is 0 Å². The van der Waals surface area contributed by atoms with E-state index in [4.69, 9.17) is 4.74 Å². The minimum Gasteiger partial charge on any atom is -0.450 e. The molecular formula is C21H27N3O4. The van der Waals surface area contributed by atoms with E-state index in [-0.39, 0.29) is 24.0 Å². The molecule has 0 unspecified atom stereocenters. The molecule has 3 rings (SSSR count). The molecule has 0 saturated carbocycles. The maximum atomic E-state index is 12.5. The zero-order chi connectivity index (χ0) is 20.3. The zero-order valence-electron chi connectivity index (χ0n) is 16.7. The fraction of sp³-hybridized carbons (Fsp3) is 0.476. The van der Waals surface area contributed by atoms with Crippen molar-refractivity contribution in [2.24, 2.45) is 0 Å². The summed E-state index contributed by atoms with van der Waals surface area (Å²) in [6, 6.07) is 5.94. The van der Waals surface area contributed by atoms with Gasteiger partial charge in [0.15, 0.2) is 0 Å². The Balaban J connectivity index is 1.61. The normalized spacial score (nSPS) is 14.4. The number of aryl methyl sites for hydroxylation is 3. The Labute approximate surface area is 164 Å². The van der Waals surface area contributed by atoms with Crippen molar-refractivity contribution in [3.8, 4) is 0 Å². The minimum absolute atomic E-state index is 0.00336. The maximum Gasteiger partial charge on any atom is 0.409 e. The van der Waals surface area contributed by atoms with Crippen LogP contribution in [0, 0.1) is 13.8 Å². The molecule has 28 heavy (non-hydrogen) atoms. The fourth-order valence-electron chi connectivity index (χ4n) is 3.65. The second-order valence-electron chi connectivity index (χ2n) is 7.23. The SMILES string of the molecule is CCOC(=O)N1CCN(C(=O)CCc2cc3c(C)cc(C)cc3[nH]c2=O)CC1. The molecule has 2 aromatic rings. The molecule has 0 atom stereocenters. The van der Waals surface area contributed by atoms with E-state index in [1.807, 2.05) is 26.0 Å². The Kier molecular flexibility index (Phi) is 6.02. The molecule has 1 aromatic carbocycles. The molecule has 150 valence electrons. The van der Waals surface area contributed by atoms with E-state index >= 15 is 0 Å². The predicted molar refractivity (Wildman–Crippen MR) is 108 cm³/mol. The number of aromatic nitrogens is 1. The van der Waals surface area contributed by atoms with Gasteiger partial charge in [-0.15, -0.1) is 0 Å². The Morgan fingerprint density at radius 3 is 2.43 bits per heavy atom. The number of aromatic amines is 1. The number of fused-ring (bicyclic) bond motifs is 1. The number of nitrogens with one attached hydrogen (secondary N) is 1. The summed E-state index contributed by atoms with van der Waals surface area (Å²) in [4.78, 5) is 43.0. The Morgan fingerprint density at radius 1 is 1.07 bits per heavy atom. The summed E-state index contributed by atoms with van der Waals surface area (Å²) in [6.45, 7) is 8.06. The highest BCUT2D eigenvalue weighted by Gasteiger charge is 2.24. The van der Waals surface area contributed by atoms with Crippen molar-refractivity contribution in [2.75, 3.05) is 32.8 Å². The van der Waals surface area contributed by atoms with Crippen molar-refractivity contribution in [2.45, 2.75) is 33.6 Å². The standard InChI is InChI=1S/C21H27N3O4/c1-4-28-21(27)24-9-7-23(8-10-24)19(25)6-5-16-13-17-15(3)11-14(2)12-18(17)22-20(16)26/h11-13H,4-10H2,1-3H3,(H,22,26). The number of rotatable bonds is 4. The number of pyridine rings is 1. The second kappa shape index (κ2) is 8.46. The first-order chi connectivity index (χ1) is 13.4. The first kappa shape index (κ1) is 19.9. The molecule has 0 aliphatic carbocycles. The second-order valence-corrected chi connectivity index (χ2v) is 7.23. The third-order valence-electron chi connectivity index (χ3n) is 5.16. The first-order valence-corrected chi connectivity index (χ1v) is 9.71. The molecule has 7 nitrogen and oxygen atoms in total. The summed E-state index contributed by atoms with van der Waals surface area (Å²) in [5.41, 5.74) is 3.52. The van der Waals surface area contributed by atoms with Crippen molar-refractivity contribution >= 4 is 22.9 Å². The number of carbonyl (C=O) groups is 2. The Hall–Kier alpha value is -2.83. The van der Waals surface area contributed by atoms with Crippen LogP contribution >= 0.6 is 0 Å². The summed E-state index contributed by atoms with van der Waals surface area (Å²) >= 11 is 0. The summed E-state index contributed by atoms with van der Waals surface area (Å²) in [7, 11) is 0. The predicted octanol–water partition coefficient (Wildman–Crippen LogP) is 2.38. The van der Waals surface area contributed by atoms with E-state index in [1.54, 1.807) is 16.7 Å². The quantitative estimate of drug-likeness (QED) is 0.876. The molecule has 1 aliphatic heterocycles. The molecule has 1 aromatic heterocycles. The van der Waals surface area contributed by atoms with Gasteiger partial charge in [0.25, 0.3) is 5.56 Å². The number of carbonyl (C=O) groups excluding carboxylic acids is 2. The number of H-pyrrole nitrogens is 1. The maximum absolute atomic E-state index is 12.5. The molecule has 2 amide bonds. The number of amides is 2. The van der Waals surface area contributed by atoms with Crippen LogP contribution in [0.4, 0.5) is 4.79 Å². The van der Waals surface area contributed by atoms with Crippen LogP contribution < -0.4 is 5.56 Å². The zero-order valence-corrected chi connectivity index (χ0v) is 16.7. The van der Waals surface area contributed by atoms with Gasteiger partial charge < -0.3 is 19.5 Å². The van der Waals surface area contributed by atoms with Crippen LogP contribution in [0.5, 0.6) is 0 Å². The average Bonchev–Trinajstić information content (AvgIpc) is 2.66. The van der Waals surface area contributed by atoms with Crippen LogP contribution in [0.3, 0.4) is 0 Å². The minimum atomic E-state index is -0.331. The van der Waals surface area contributed by atoms with Gasteiger partial charge in [-0.2, -0.15) is 0 Å². The van der Waals surface area contributed by atoms with Gasteiger partial charge in [-0.3, -0.25) is 9.59 Å². The van der Waals surface area contributed by atoms with E-state index in [0.29, 0.717) is 44.8 Å². The number of ether oxygens (including phenoxy) is 1. The van der Waals surface area contributed by atoms with Crippen LogP contribution in [-0.4, -0.2) is 59.6 Å². The lowest BCUT2D eigenvalue weighted by Crippen LogP contribution is -2.50. The van der Waals surface area contributed by atoms with Crippen molar-refractivity contribution in [1.82, 2.24) is 14.8 Å². The number of nitrogens with zero attached hydrogens (tertiary/aromatic N) is 2. The monoisotopic (exact) mass is 385 g/mol. The molecule has 0 bridgehead atoms. The molecule has 1 N–H and O–H groups in total. The molecule has 1 aliphatic rings. The number of hydrogen-bond acceptors (Lipinski definition) is 4. The van der Waals surface area contributed by atoms with Crippen LogP contribution in [0.1, 0.15) is 30.0 Å². The van der Waals surface area contributed by atoms with E-state index in [9.17, 15) is 14.4 Å². The van der Waals surface area contributed by atoms with Crippen LogP contribution in [0.15, 0.2) is 23.0 Å². The van der Waals surface area contributed by atoms with Gasteiger partial charge in [-0.25, -0.2) is 4.79 Å². The summed E-state index contributed by atoms with van der Waals surface area (Å²) in [6.07, 6.45) is 0.344. The molecule has 1 fully saturated rings. The smallest absolute Gasteiger partial charge is 0.409 e. The lowest BCUT2D eigenvalue weighted by Gasteiger charge is -2.34. The lowest BCUT2D eigenvalue weighted by molar-refractivity contribution is -0.132. The van der Waals surface area contributed by atoms with Gasteiger partial charge in [0.2, 0.25) is 5.91 Å². The van der Waals surface area contributed by atoms with E-state index in [2.05, 4.69) is 11.1 Å². The number of hydrogen-bond donors (Lipinski definition) is 1. The van der Waals surface area contributed by atoms with E-state index in [0.717, 1.165) is 22.0 Å².